The number of ether oxygens (including phenoxy) is 1. The molecule has 0 amide bonds. The zero-order valence-corrected chi connectivity index (χ0v) is 11.7. The molecule has 1 aromatic heterocycles. The highest BCUT2D eigenvalue weighted by molar-refractivity contribution is 7.80. The smallest absolute Gasteiger partial charge is 0.168 e. The minimum Gasteiger partial charge on any atom is -0.453 e. The van der Waals surface area contributed by atoms with Crippen LogP contribution in [0.4, 0.5) is 8.78 Å². The molecule has 0 spiro atoms. The van der Waals surface area contributed by atoms with E-state index < -0.39 is 11.6 Å². The molecular weight excluding hydrogens is 282 g/mol. The third kappa shape index (κ3) is 2.91. The molecule has 20 heavy (non-hydrogen) atoms. The van der Waals surface area contributed by atoms with Crippen LogP contribution in [0.3, 0.4) is 0 Å². The lowest BCUT2D eigenvalue weighted by molar-refractivity contribution is 0.436. The second kappa shape index (κ2) is 5.50. The molecule has 0 saturated heterocycles. The third-order valence-electron chi connectivity index (χ3n) is 2.65. The molecule has 2 rings (SSSR count). The first-order chi connectivity index (χ1) is 9.38. The number of aromatic nitrogens is 1. The Labute approximate surface area is 120 Å². The number of thiocarbonyl (C=S) groups is 1. The number of rotatable bonds is 3. The van der Waals surface area contributed by atoms with Crippen LogP contribution < -0.4 is 10.5 Å². The predicted octanol–water partition coefficient (Wildman–Crippen LogP) is 3.40. The molecular formula is C14H12F2N2OS. The largest absolute Gasteiger partial charge is 0.453 e. The first-order valence-corrected chi connectivity index (χ1v) is 6.20. The average molecular weight is 294 g/mol. The molecule has 0 atom stereocenters. The molecule has 0 aliphatic carbocycles. The van der Waals surface area contributed by atoms with Gasteiger partial charge in [-0.25, -0.2) is 8.78 Å². The average Bonchev–Trinajstić information content (AvgIpc) is 2.31. The summed E-state index contributed by atoms with van der Waals surface area (Å²) in [5, 5.41) is 0. The third-order valence-corrected chi connectivity index (χ3v) is 2.86. The summed E-state index contributed by atoms with van der Waals surface area (Å²) < 4.78 is 32.0. The molecule has 0 saturated carbocycles. The monoisotopic (exact) mass is 294 g/mol. The van der Waals surface area contributed by atoms with Gasteiger partial charge < -0.3 is 10.5 Å². The number of nitrogens with zero attached hydrogens (tertiary/aromatic N) is 1. The molecule has 6 heteroatoms. The van der Waals surface area contributed by atoms with Gasteiger partial charge >= 0.3 is 0 Å². The summed E-state index contributed by atoms with van der Waals surface area (Å²) in [7, 11) is 0. The van der Waals surface area contributed by atoms with Gasteiger partial charge in [0.15, 0.2) is 11.6 Å². The first-order valence-electron chi connectivity index (χ1n) is 5.79. The van der Waals surface area contributed by atoms with E-state index in [9.17, 15) is 8.78 Å². The number of pyridine rings is 1. The quantitative estimate of drug-likeness (QED) is 0.881. The molecule has 1 heterocycles. The van der Waals surface area contributed by atoms with Gasteiger partial charge in [-0.3, -0.25) is 4.98 Å². The minimum absolute atomic E-state index is 0.103. The van der Waals surface area contributed by atoms with Crippen molar-refractivity contribution in [1.29, 1.82) is 0 Å². The van der Waals surface area contributed by atoms with E-state index in [2.05, 4.69) is 4.98 Å². The Bertz CT molecular complexity index is 689. The topological polar surface area (TPSA) is 48.1 Å². The SMILES string of the molecule is Cc1cc(Oc2ccc(F)cc2F)c(C(N)=S)c(C)n1. The standard InChI is InChI=1S/C14H12F2N2OS/c1-7-5-12(13(14(17)20)8(2)18-7)19-11-4-3-9(15)6-10(11)16/h3-6H,1-2H3,(H2,17,20). The van der Waals surface area contributed by atoms with E-state index in [0.717, 1.165) is 12.1 Å². The van der Waals surface area contributed by atoms with Crippen molar-refractivity contribution in [3.05, 3.63) is 52.9 Å². The van der Waals surface area contributed by atoms with Gasteiger partial charge in [0.1, 0.15) is 16.6 Å². The van der Waals surface area contributed by atoms with E-state index in [1.165, 1.54) is 6.07 Å². The second-order valence-electron chi connectivity index (χ2n) is 4.26. The van der Waals surface area contributed by atoms with Crippen molar-refractivity contribution >= 4 is 17.2 Å². The Hall–Kier alpha value is -2.08. The molecule has 0 unspecified atom stereocenters. The van der Waals surface area contributed by atoms with Crippen LogP contribution in [0.25, 0.3) is 0 Å². The summed E-state index contributed by atoms with van der Waals surface area (Å²) in [6, 6.07) is 4.67. The normalized spacial score (nSPS) is 10.4. The van der Waals surface area contributed by atoms with Gasteiger partial charge in [-0.15, -0.1) is 0 Å². The van der Waals surface area contributed by atoms with E-state index in [1.54, 1.807) is 19.9 Å². The summed E-state index contributed by atoms with van der Waals surface area (Å²) >= 11 is 4.95. The van der Waals surface area contributed by atoms with Crippen molar-refractivity contribution in [3.63, 3.8) is 0 Å². The zero-order valence-electron chi connectivity index (χ0n) is 10.9. The Morgan fingerprint density at radius 3 is 2.50 bits per heavy atom. The number of nitrogens with two attached hydrogens (primary N) is 1. The fraction of sp³-hybridized carbons (Fsp3) is 0.143. The fourth-order valence-corrected chi connectivity index (χ4v) is 2.10. The van der Waals surface area contributed by atoms with Crippen molar-refractivity contribution in [2.24, 2.45) is 5.73 Å². The lowest BCUT2D eigenvalue weighted by atomic mass is 10.1. The van der Waals surface area contributed by atoms with E-state index in [0.29, 0.717) is 22.7 Å². The molecule has 0 aliphatic rings. The maximum absolute atomic E-state index is 13.6. The summed E-state index contributed by atoms with van der Waals surface area (Å²) in [4.78, 5) is 4.34. The van der Waals surface area contributed by atoms with Crippen LogP contribution in [0.5, 0.6) is 11.5 Å². The van der Waals surface area contributed by atoms with E-state index in [1.807, 2.05) is 0 Å². The van der Waals surface area contributed by atoms with Crippen LogP contribution in [-0.4, -0.2) is 9.97 Å². The van der Waals surface area contributed by atoms with Crippen LogP contribution in [0.15, 0.2) is 24.3 Å². The van der Waals surface area contributed by atoms with Crippen LogP contribution in [0, 0.1) is 25.5 Å². The molecule has 0 radical (unpaired) electrons. The van der Waals surface area contributed by atoms with Gasteiger partial charge in [0.05, 0.1) is 11.3 Å². The summed E-state index contributed by atoms with van der Waals surface area (Å²) in [5.41, 5.74) is 7.35. The number of aryl methyl sites for hydroxylation is 2. The Morgan fingerprint density at radius 2 is 1.90 bits per heavy atom. The van der Waals surface area contributed by atoms with Crippen LogP contribution in [-0.2, 0) is 0 Å². The fourth-order valence-electron chi connectivity index (χ4n) is 1.85. The second-order valence-corrected chi connectivity index (χ2v) is 4.70. The number of halogens is 2. The van der Waals surface area contributed by atoms with Crippen molar-refractivity contribution in [3.8, 4) is 11.5 Å². The van der Waals surface area contributed by atoms with Gasteiger partial charge in [-0.05, 0) is 26.0 Å². The highest BCUT2D eigenvalue weighted by Crippen LogP contribution is 2.29. The molecule has 0 aliphatic heterocycles. The maximum atomic E-state index is 13.6. The highest BCUT2D eigenvalue weighted by Gasteiger charge is 2.15. The summed E-state index contributed by atoms with van der Waals surface area (Å²) in [6.07, 6.45) is 0. The van der Waals surface area contributed by atoms with E-state index >= 15 is 0 Å². The molecule has 2 N–H and O–H groups in total. The van der Waals surface area contributed by atoms with Gasteiger partial charge in [-0.1, -0.05) is 12.2 Å². The molecule has 2 aromatic rings. The number of benzene rings is 1. The van der Waals surface area contributed by atoms with Crippen molar-refractivity contribution in [2.45, 2.75) is 13.8 Å². The van der Waals surface area contributed by atoms with Gasteiger partial charge in [0, 0.05) is 17.8 Å². The zero-order chi connectivity index (χ0) is 14.9. The van der Waals surface area contributed by atoms with Crippen LogP contribution in [0.2, 0.25) is 0 Å². The highest BCUT2D eigenvalue weighted by atomic mass is 32.1. The summed E-state index contributed by atoms with van der Waals surface area (Å²) in [5.74, 6) is -1.28. The molecule has 0 bridgehead atoms. The van der Waals surface area contributed by atoms with Gasteiger partial charge in [0.25, 0.3) is 0 Å². The van der Waals surface area contributed by atoms with Gasteiger partial charge in [0.2, 0.25) is 0 Å². The maximum Gasteiger partial charge on any atom is 0.168 e. The van der Waals surface area contributed by atoms with Crippen molar-refractivity contribution in [1.82, 2.24) is 4.98 Å². The lowest BCUT2D eigenvalue weighted by Crippen LogP contribution is -2.14. The number of hydrogen-bond donors (Lipinski definition) is 1. The molecule has 104 valence electrons. The van der Waals surface area contributed by atoms with E-state index in [4.69, 9.17) is 22.7 Å². The van der Waals surface area contributed by atoms with Crippen LogP contribution in [0.1, 0.15) is 17.0 Å². The predicted molar refractivity (Wildman–Crippen MR) is 76.0 cm³/mol. The Kier molecular flexibility index (Phi) is 3.94. The van der Waals surface area contributed by atoms with Gasteiger partial charge in [-0.2, -0.15) is 0 Å². The van der Waals surface area contributed by atoms with Crippen molar-refractivity contribution in [2.75, 3.05) is 0 Å². The van der Waals surface area contributed by atoms with Crippen molar-refractivity contribution < 1.29 is 13.5 Å². The number of hydrogen-bond acceptors (Lipinski definition) is 3. The lowest BCUT2D eigenvalue weighted by Gasteiger charge is -2.13. The molecule has 0 fully saturated rings. The minimum atomic E-state index is -0.800. The first kappa shape index (κ1) is 14.3. The summed E-state index contributed by atoms with van der Waals surface area (Å²) in [6.45, 7) is 3.50. The molecule has 1 aromatic carbocycles. The molecule has 3 nitrogen and oxygen atoms in total. The van der Waals surface area contributed by atoms with Crippen LogP contribution >= 0.6 is 12.2 Å². The Morgan fingerprint density at radius 1 is 1.20 bits per heavy atom. The Balaban J connectivity index is 2.50. The van der Waals surface area contributed by atoms with E-state index in [-0.39, 0.29) is 10.7 Å².